The molecule has 9 heteroatoms. The van der Waals surface area contributed by atoms with E-state index in [-0.39, 0.29) is 10.9 Å². The Morgan fingerprint density at radius 3 is 2.39 bits per heavy atom. The molecular weight excluding hydrogens is 451 g/mol. The Labute approximate surface area is 191 Å². The molecule has 1 atom stereocenters. The number of rotatable bonds is 5. The van der Waals surface area contributed by atoms with Gasteiger partial charge in [0.15, 0.2) is 9.84 Å². The maximum atomic E-state index is 12.9. The van der Waals surface area contributed by atoms with Crippen molar-refractivity contribution in [1.29, 1.82) is 0 Å². The van der Waals surface area contributed by atoms with Gasteiger partial charge in [-0.3, -0.25) is 9.88 Å². The summed E-state index contributed by atoms with van der Waals surface area (Å²) in [5.41, 5.74) is 1.71. The maximum absolute atomic E-state index is 12.9. The predicted molar refractivity (Wildman–Crippen MR) is 121 cm³/mol. The Morgan fingerprint density at radius 1 is 1.00 bits per heavy atom. The average molecular weight is 476 g/mol. The van der Waals surface area contributed by atoms with Crippen molar-refractivity contribution >= 4 is 15.5 Å². The Balaban J connectivity index is 1.58. The van der Waals surface area contributed by atoms with Crippen LogP contribution in [0.25, 0.3) is 0 Å². The van der Waals surface area contributed by atoms with Crippen molar-refractivity contribution in [3.8, 4) is 0 Å². The highest BCUT2D eigenvalue weighted by atomic mass is 32.2. The van der Waals surface area contributed by atoms with Crippen LogP contribution in [0.1, 0.15) is 22.9 Å². The Morgan fingerprint density at radius 2 is 1.76 bits per heavy atom. The number of nitrogens with zero attached hydrogens (tertiary/aromatic N) is 3. The van der Waals surface area contributed by atoms with E-state index in [1.54, 1.807) is 18.2 Å². The van der Waals surface area contributed by atoms with Crippen molar-refractivity contribution in [2.24, 2.45) is 0 Å². The number of piperazine rings is 1. The van der Waals surface area contributed by atoms with Gasteiger partial charge in [-0.25, -0.2) is 8.42 Å². The predicted octanol–water partition coefficient (Wildman–Crippen LogP) is 4.57. The molecule has 0 unspecified atom stereocenters. The molecule has 2 heterocycles. The zero-order chi connectivity index (χ0) is 23.6. The normalized spacial score (nSPS) is 17.8. The van der Waals surface area contributed by atoms with Crippen LogP contribution < -0.4 is 4.90 Å². The summed E-state index contributed by atoms with van der Waals surface area (Å²) in [5, 5.41) is 0. The molecule has 0 spiro atoms. The molecule has 1 fully saturated rings. The van der Waals surface area contributed by atoms with Crippen molar-refractivity contribution in [3.05, 3.63) is 89.7 Å². The number of benzene rings is 2. The molecule has 0 radical (unpaired) electrons. The fourth-order valence-electron chi connectivity index (χ4n) is 4.04. The van der Waals surface area contributed by atoms with E-state index in [1.807, 2.05) is 36.4 Å². The summed E-state index contributed by atoms with van der Waals surface area (Å²) in [5.74, 6) is 0. The lowest BCUT2D eigenvalue weighted by Crippen LogP contribution is -2.48. The van der Waals surface area contributed by atoms with E-state index in [4.69, 9.17) is 0 Å². The average Bonchev–Trinajstić information content (AvgIpc) is 2.79. The van der Waals surface area contributed by atoms with E-state index < -0.39 is 21.6 Å². The Bertz CT molecular complexity index is 1200. The van der Waals surface area contributed by atoms with Crippen molar-refractivity contribution in [2.75, 3.05) is 30.8 Å². The van der Waals surface area contributed by atoms with Gasteiger partial charge < -0.3 is 4.90 Å². The van der Waals surface area contributed by atoms with Crippen molar-refractivity contribution in [2.45, 2.75) is 23.7 Å². The van der Waals surface area contributed by atoms with Gasteiger partial charge >= 0.3 is 6.18 Å². The van der Waals surface area contributed by atoms with Crippen molar-refractivity contribution < 1.29 is 21.6 Å². The minimum atomic E-state index is -4.41. The summed E-state index contributed by atoms with van der Waals surface area (Å²) < 4.78 is 62.6. The summed E-state index contributed by atoms with van der Waals surface area (Å²) in [6, 6.07) is 19.2. The van der Waals surface area contributed by atoms with Gasteiger partial charge in [-0.1, -0.05) is 36.4 Å². The first-order valence-electron chi connectivity index (χ1n) is 10.5. The SMILES string of the molecule is CS(=O)(=O)c1cccc(N2CCN(Cc3ccc(C(F)(F)F)cn3)[C@H](c3ccccc3)C2)c1. The van der Waals surface area contributed by atoms with Crippen LogP contribution in [0.5, 0.6) is 0 Å². The molecule has 1 aliphatic heterocycles. The summed E-state index contributed by atoms with van der Waals surface area (Å²) in [4.78, 5) is 8.65. The number of alkyl halides is 3. The quantitative estimate of drug-likeness (QED) is 0.541. The van der Waals surface area contributed by atoms with Crippen LogP contribution in [0.3, 0.4) is 0 Å². The topological polar surface area (TPSA) is 53.5 Å². The van der Waals surface area contributed by atoms with E-state index >= 15 is 0 Å². The number of aromatic nitrogens is 1. The monoisotopic (exact) mass is 475 g/mol. The number of halogens is 3. The summed E-state index contributed by atoms with van der Waals surface area (Å²) >= 11 is 0. The second-order valence-corrected chi connectivity index (χ2v) is 10.2. The molecule has 0 amide bonds. The van der Waals surface area contributed by atoms with E-state index in [2.05, 4.69) is 14.8 Å². The minimum Gasteiger partial charge on any atom is -0.368 e. The summed E-state index contributed by atoms with van der Waals surface area (Å²) in [6.07, 6.45) is -2.35. The van der Waals surface area contributed by atoms with Crippen LogP contribution in [-0.4, -0.2) is 44.2 Å². The molecule has 2 aromatic carbocycles. The molecule has 0 bridgehead atoms. The Hall–Kier alpha value is -2.91. The van der Waals surface area contributed by atoms with Crippen LogP contribution in [0.15, 0.2) is 77.8 Å². The van der Waals surface area contributed by atoms with E-state index in [1.165, 1.54) is 12.3 Å². The fourth-order valence-corrected chi connectivity index (χ4v) is 4.70. The molecule has 5 nitrogen and oxygen atoms in total. The van der Waals surface area contributed by atoms with Crippen LogP contribution in [0.2, 0.25) is 0 Å². The number of anilines is 1. The lowest BCUT2D eigenvalue weighted by molar-refractivity contribution is -0.137. The number of pyridine rings is 1. The van der Waals surface area contributed by atoms with Crippen LogP contribution >= 0.6 is 0 Å². The molecule has 1 saturated heterocycles. The third kappa shape index (κ3) is 5.54. The zero-order valence-corrected chi connectivity index (χ0v) is 18.9. The Kier molecular flexibility index (Phi) is 6.45. The molecule has 0 N–H and O–H groups in total. The lowest BCUT2D eigenvalue weighted by Gasteiger charge is -2.42. The number of hydrogen-bond acceptors (Lipinski definition) is 5. The fraction of sp³-hybridized carbons (Fsp3) is 0.292. The van der Waals surface area contributed by atoms with Gasteiger partial charge in [-0.2, -0.15) is 13.2 Å². The number of hydrogen-bond donors (Lipinski definition) is 0. The van der Waals surface area contributed by atoms with E-state index in [0.29, 0.717) is 31.9 Å². The largest absolute Gasteiger partial charge is 0.417 e. The minimum absolute atomic E-state index is 0.0362. The molecule has 33 heavy (non-hydrogen) atoms. The summed E-state index contributed by atoms with van der Waals surface area (Å²) in [7, 11) is -3.32. The van der Waals surface area contributed by atoms with Gasteiger partial charge in [-0.05, 0) is 35.9 Å². The first-order valence-corrected chi connectivity index (χ1v) is 12.4. The smallest absolute Gasteiger partial charge is 0.368 e. The third-order valence-electron chi connectivity index (χ3n) is 5.80. The standard InChI is InChI=1S/C24H24F3N3O2S/c1-33(31,32)22-9-5-8-21(14-22)29-12-13-30(23(17-29)18-6-3-2-4-7-18)16-20-11-10-19(15-28-20)24(25,26)27/h2-11,14-15,23H,12-13,16-17H2,1H3/t23-/m0/s1. The van der Waals surface area contributed by atoms with E-state index in [9.17, 15) is 21.6 Å². The van der Waals surface area contributed by atoms with Gasteiger partial charge in [0.05, 0.1) is 22.2 Å². The zero-order valence-electron chi connectivity index (χ0n) is 18.0. The molecule has 1 aliphatic rings. The van der Waals surface area contributed by atoms with E-state index in [0.717, 1.165) is 23.5 Å². The summed E-state index contributed by atoms with van der Waals surface area (Å²) in [6.45, 7) is 2.31. The van der Waals surface area contributed by atoms with Crippen LogP contribution in [-0.2, 0) is 22.6 Å². The molecule has 174 valence electrons. The lowest BCUT2D eigenvalue weighted by atomic mass is 10.0. The molecule has 0 saturated carbocycles. The van der Waals surface area contributed by atoms with Crippen molar-refractivity contribution in [3.63, 3.8) is 0 Å². The highest BCUT2D eigenvalue weighted by molar-refractivity contribution is 7.90. The van der Waals surface area contributed by atoms with Gasteiger partial charge in [0, 0.05) is 44.3 Å². The van der Waals surface area contributed by atoms with Crippen LogP contribution in [0.4, 0.5) is 18.9 Å². The van der Waals surface area contributed by atoms with Gasteiger partial charge in [0.25, 0.3) is 0 Å². The highest BCUT2D eigenvalue weighted by Gasteiger charge is 2.32. The van der Waals surface area contributed by atoms with Gasteiger partial charge in [0.2, 0.25) is 0 Å². The third-order valence-corrected chi connectivity index (χ3v) is 6.91. The van der Waals surface area contributed by atoms with Crippen LogP contribution in [0, 0.1) is 0 Å². The van der Waals surface area contributed by atoms with Gasteiger partial charge in [-0.15, -0.1) is 0 Å². The van der Waals surface area contributed by atoms with Crippen molar-refractivity contribution in [1.82, 2.24) is 9.88 Å². The second kappa shape index (κ2) is 9.15. The first-order chi connectivity index (χ1) is 15.6. The molecule has 1 aromatic heterocycles. The first kappa shape index (κ1) is 23.3. The molecule has 0 aliphatic carbocycles. The van der Waals surface area contributed by atoms with Gasteiger partial charge in [0.1, 0.15) is 0 Å². The highest BCUT2D eigenvalue weighted by Crippen LogP contribution is 2.32. The molecule has 3 aromatic rings. The maximum Gasteiger partial charge on any atom is 0.417 e. The molecule has 4 rings (SSSR count). The number of sulfone groups is 1. The molecular formula is C24H24F3N3O2S. The second-order valence-electron chi connectivity index (χ2n) is 8.15.